The predicted octanol–water partition coefficient (Wildman–Crippen LogP) is 4.17. The molecule has 0 aliphatic heterocycles. The number of hydrogen-bond acceptors (Lipinski definition) is 2. The van der Waals surface area contributed by atoms with Crippen LogP contribution in [0.4, 0.5) is 4.39 Å². The fourth-order valence-electron chi connectivity index (χ4n) is 2.51. The quantitative estimate of drug-likeness (QED) is 0.734. The van der Waals surface area contributed by atoms with Crippen LogP contribution in [-0.4, -0.2) is 19.3 Å². The van der Waals surface area contributed by atoms with Gasteiger partial charge in [-0.25, -0.2) is 9.07 Å². The number of hydrogen-bond donors (Lipinski definition) is 1. The molecule has 2 aromatic heterocycles. The second-order valence-electron chi connectivity index (χ2n) is 4.88. The summed E-state index contributed by atoms with van der Waals surface area (Å²) in [5.41, 5.74) is 3.13. The van der Waals surface area contributed by atoms with Gasteiger partial charge in [-0.15, -0.1) is 0 Å². The molecule has 0 amide bonds. The number of nitrogens with zero attached hydrogens (tertiary/aromatic N) is 3. The molecule has 3 aromatic rings. The van der Waals surface area contributed by atoms with Crippen LogP contribution in [0.2, 0.25) is 5.02 Å². The van der Waals surface area contributed by atoms with Crippen molar-refractivity contribution < 1.29 is 4.39 Å². The minimum absolute atomic E-state index is 0.360. The summed E-state index contributed by atoms with van der Waals surface area (Å²) in [6, 6.07) is 4.22. The molecule has 0 spiro atoms. The Labute approximate surface area is 131 Å². The Morgan fingerprint density at radius 3 is 2.90 bits per heavy atom. The highest BCUT2D eigenvalue weighted by Gasteiger charge is 2.17. The molecule has 7 heteroatoms. The molecule has 0 aliphatic rings. The molecule has 0 saturated heterocycles. The topological polar surface area (TPSA) is 38.5 Å². The molecule has 2 heterocycles. The van der Waals surface area contributed by atoms with E-state index in [-0.39, 0.29) is 5.82 Å². The lowest BCUT2D eigenvalue weighted by Gasteiger charge is -2.07. The molecule has 0 bridgehead atoms. The zero-order valence-electron chi connectivity index (χ0n) is 11.7. The van der Waals surface area contributed by atoms with Gasteiger partial charge in [-0.05, 0) is 36.8 Å². The molecule has 0 atom stereocenters. The highest BCUT2D eigenvalue weighted by molar-refractivity contribution is 7.71. The van der Waals surface area contributed by atoms with Crippen LogP contribution in [0.25, 0.3) is 16.9 Å². The highest BCUT2D eigenvalue weighted by Crippen LogP contribution is 2.27. The zero-order valence-corrected chi connectivity index (χ0v) is 13.2. The van der Waals surface area contributed by atoms with Crippen LogP contribution in [0, 0.1) is 10.6 Å². The molecule has 4 nitrogen and oxygen atoms in total. The average molecular weight is 325 g/mol. The first kappa shape index (κ1) is 14.3. The molecule has 110 valence electrons. The van der Waals surface area contributed by atoms with Crippen molar-refractivity contribution in [3.05, 3.63) is 39.5 Å². The number of rotatable bonds is 3. The second-order valence-corrected chi connectivity index (χ2v) is 5.67. The summed E-state index contributed by atoms with van der Waals surface area (Å²) >= 11 is 11.6. The SMILES string of the molecule is CCCc1nn(C)c2c1[nH]c(=S)n2-c1cc(F)ccc1Cl. The Kier molecular flexibility index (Phi) is 3.59. The van der Waals surface area contributed by atoms with Crippen molar-refractivity contribution in [1.29, 1.82) is 0 Å². The van der Waals surface area contributed by atoms with E-state index in [1.165, 1.54) is 18.2 Å². The summed E-state index contributed by atoms with van der Waals surface area (Å²) in [7, 11) is 1.84. The third-order valence-electron chi connectivity index (χ3n) is 3.37. The normalized spacial score (nSPS) is 11.4. The Morgan fingerprint density at radius 1 is 1.43 bits per heavy atom. The minimum Gasteiger partial charge on any atom is -0.327 e. The van der Waals surface area contributed by atoms with E-state index in [0.29, 0.717) is 15.5 Å². The molecule has 21 heavy (non-hydrogen) atoms. The Balaban J connectivity index is 2.35. The van der Waals surface area contributed by atoms with E-state index in [9.17, 15) is 4.39 Å². The number of aromatic nitrogens is 4. The number of H-pyrrole nitrogens is 1. The third-order valence-corrected chi connectivity index (χ3v) is 3.98. The lowest BCUT2D eigenvalue weighted by Crippen LogP contribution is -2.02. The fraction of sp³-hybridized carbons (Fsp3) is 0.286. The predicted molar refractivity (Wildman–Crippen MR) is 84.2 cm³/mol. The Morgan fingerprint density at radius 2 is 2.19 bits per heavy atom. The lowest BCUT2D eigenvalue weighted by molar-refractivity contribution is 0.626. The molecule has 0 fully saturated rings. The molecular formula is C14H14ClFN4S. The van der Waals surface area contributed by atoms with Gasteiger partial charge < -0.3 is 4.98 Å². The van der Waals surface area contributed by atoms with Crippen molar-refractivity contribution in [1.82, 2.24) is 19.3 Å². The van der Waals surface area contributed by atoms with E-state index in [1.807, 2.05) is 7.05 Å². The van der Waals surface area contributed by atoms with Crippen LogP contribution in [-0.2, 0) is 13.5 Å². The number of aromatic amines is 1. The minimum atomic E-state index is -0.360. The molecule has 0 aliphatic carbocycles. The van der Waals surface area contributed by atoms with Crippen LogP contribution < -0.4 is 0 Å². The number of imidazole rings is 1. The first-order valence-corrected chi connectivity index (χ1v) is 7.43. The molecule has 0 unspecified atom stereocenters. The standard InChI is InChI=1S/C14H14ClFN4S/c1-3-4-10-12-13(19(2)18-10)20(14(21)17-12)11-7-8(16)5-6-9(11)15/h5-7H,3-4H2,1-2H3,(H,17,21). The molecule has 1 aromatic carbocycles. The van der Waals surface area contributed by atoms with E-state index in [1.54, 1.807) is 9.25 Å². The number of halogens is 2. The van der Waals surface area contributed by atoms with Crippen LogP contribution in [0.5, 0.6) is 0 Å². The van der Waals surface area contributed by atoms with Gasteiger partial charge >= 0.3 is 0 Å². The molecule has 1 N–H and O–H groups in total. The van der Waals surface area contributed by atoms with Gasteiger partial charge in [0.15, 0.2) is 10.4 Å². The average Bonchev–Trinajstić information content (AvgIpc) is 2.91. The molecule has 0 saturated carbocycles. The van der Waals surface area contributed by atoms with Gasteiger partial charge in [0.2, 0.25) is 0 Å². The maximum atomic E-state index is 13.6. The van der Waals surface area contributed by atoms with Crippen molar-refractivity contribution >= 4 is 35.0 Å². The third kappa shape index (κ3) is 2.28. The second kappa shape index (κ2) is 5.27. The van der Waals surface area contributed by atoms with Crippen LogP contribution >= 0.6 is 23.8 Å². The van der Waals surface area contributed by atoms with Gasteiger partial charge in [0.25, 0.3) is 0 Å². The smallest absolute Gasteiger partial charge is 0.184 e. The van der Waals surface area contributed by atoms with Crippen LogP contribution in [0.1, 0.15) is 19.0 Å². The zero-order chi connectivity index (χ0) is 15.1. The summed E-state index contributed by atoms with van der Waals surface area (Å²) < 4.78 is 17.5. The Bertz CT molecular complexity index is 877. The van der Waals surface area contributed by atoms with Gasteiger partial charge in [-0.1, -0.05) is 24.9 Å². The molecular weight excluding hydrogens is 311 g/mol. The van der Waals surface area contributed by atoms with E-state index in [4.69, 9.17) is 23.8 Å². The summed E-state index contributed by atoms with van der Waals surface area (Å²) in [6.45, 7) is 2.09. The number of nitrogens with one attached hydrogen (secondary N) is 1. The van der Waals surface area contributed by atoms with Crippen molar-refractivity contribution in [2.24, 2.45) is 7.05 Å². The first-order chi connectivity index (χ1) is 10.0. The molecule has 0 radical (unpaired) electrons. The number of fused-ring (bicyclic) bond motifs is 1. The summed E-state index contributed by atoms with van der Waals surface area (Å²) in [5, 5.41) is 4.94. The lowest BCUT2D eigenvalue weighted by atomic mass is 10.2. The number of benzene rings is 1. The highest BCUT2D eigenvalue weighted by atomic mass is 35.5. The van der Waals surface area contributed by atoms with Gasteiger partial charge in [0, 0.05) is 7.05 Å². The van der Waals surface area contributed by atoms with E-state index >= 15 is 0 Å². The fourth-order valence-corrected chi connectivity index (χ4v) is 2.99. The van der Waals surface area contributed by atoms with Crippen molar-refractivity contribution in [3.8, 4) is 5.69 Å². The van der Waals surface area contributed by atoms with Crippen molar-refractivity contribution in [3.63, 3.8) is 0 Å². The summed E-state index contributed by atoms with van der Waals surface area (Å²) in [5.74, 6) is -0.360. The Hall–Kier alpha value is -1.66. The number of aryl methyl sites for hydroxylation is 2. The maximum Gasteiger partial charge on any atom is 0.184 e. The summed E-state index contributed by atoms with van der Waals surface area (Å²) in [6.07, 6.45) is 1.84. The maximum absolute atomic E-state index is 13.6. The first-order valence-electron chi connectivity index (χ1n) is 6.65. The largest absolute Gasteiger partial charge is 0.327 e. The van der Waals surface area contributed by atoms with E-state index in [2.05, 4.69) is 17.0 Å². The van der Waals surface area contributed by atoms with Crippen molar-refractivity contribution in [2.45, 2.75) is 19.8 Å². The summed E-state index contributed by atoms with van der Waals surface area (Å²) in [4.78, 5) is 3.16. The monoisotopic (exact) mass is 324 g/mol. The molecule has 3 rings (SSSR count). The van der Waals surface area contributed by atoms with Gasteiger partial charge in [-0.2, -0.15) is 5.10 Å². The van der Waals surface area contributed by atoms with Crippen LogP contribution in [0.3, 0.4) is 0 Å². The van der Waals surface area contributed by atoms with E-state index in [0.717, 1.165) is 29.7 Å². The van der Waals surface area contributed by atoms with Gasteiger partial charge in [0.05, 0.1) is 16.4 Å². The van der Waals surface area contributed by atoms with E-state index < -0.39 is 0 Å². The van der Waals surface area contributed by atoms with Gasteiger partial charge in [0.1, 0.15) is 11.3 Å². The van der Waals surface area contributed by atoms with Crippen LogP contribution in [0.15, 0.2) is 18.2 Å². The van der Waals surface area contributed by atoms with Crippen molar-refractivity contribution in [2.75, 3.05) is 0 Å². The van der Waals surface area contributed by atoms with Gasteiger partial charge in [-0.3, -0.25) is 4.57 Å².